The van der Waals surface area contributed by atoms with Gasteiger partial charge in [0.25, 0.3) is 11.8 Å². The number of nitrogens with one attached hydrogen (secondary N) is 4. The van der Waals surface area contributed by atoms with Crippen LogP contribution >= 0.6 is 0 Å². The lowest BCUT2D eigenvalue weighted by Gasteiger charge is -2.31. The predicted molar refractivity (Wildman–Crippen MR) is 382 cm³/mol. The fourth-order valence-electron chi connectivity index (χ4n) is 11.2. The van der Waals surface area contributed by atoms with E-state index in [0.717, 1.165) is 21.6 Å². The van der Waals surface area contributed by atoms with Crippen molar-refractivity contribution >= 4 is 64.8 Å². The largest absolute Gasteiger partial charge is 0.493 e. The van der Waals surface area contributed by atoms with Crippen LogP contribution in [0.1, 0.15) is 93.0 Å². The van der Waals surface area contributed by atoms with Crippen LogP contribution in [0.15, 0.2) is 174 Å². The van der Waals surface area contributed by atoms with Crippen molar-refractivity contribution in [1.82, 2.24) is 25.8 Å². The molecule has 0 bridgehead atoms. The molecule has 8 rings (SSSR count). The Kier molecular flexibility index (Phi) is 30.0. The number of nitrogens with zero attached hydrogens (tertiary/aromatic N) is 4. The maximum Gasteiger partial charge on any atom is 0.416 e. The Labute approximate surface area is 589 Å². The van der Waals surface area contributed by atoms with Crippen LogP contribution in [0, 0.1) is 5.92 Å². The Morgan fingerprint density at radius 3 is 1.87 bits per heavy atom. The highest BCUT2D eigenvalue weighted by Gasteiger charge is 2.45. The Morgan fingerprint density at radius 1 is 0.644 bits per heavy atom. The molecule has 0 saturated heterocycles. The topological polar surface area (TPSA) is 293 Å². The number of allylic oxidation sites excluding steroid dienone is 15. The Balaban J connectivity index is 0.743. The molecule has 1 aliphatic carbocycles. The predicted octanol–water partition coefficient (Wildman–Crippen LogP) is 9.36. The molecule has 101 heavy (non-hydrogen) atoms. The second-order valence-electron chi connectivity index (χ2n) is 24.2. The van der Waals surface area contributed by atoms with Crippen molar-refractivity contribution in [2.75, 3.05) is 97.0 Å². The number of ether oxygens (including phenoxy) is 9. The number of carbonyl (C=O) groups excluding carboxylic acids is 7. The number of anilines is 2. The van der Waals surface area contributed by atoms with Crippen molar-refractivity contribution < 1.29 is 81.3 Å². The van der Waals surface area contributed by atoms with E-state index in [1.807, 2.05) is 111 Å². The van der Waals surface area contributed by atoms with E-state index < -0.39 is 54.1 Å². The van der Waals surface area contributed by atoms with Crippen LogP contribution in [-0.2, 0) is 49.5 Å². The number of hydrogen-bond donors (Lipinski definition) is 5. The summed E-state index contributed by atoms with van der Waals surface area (Å²) in [5, 5.41) is 23.2. The van der Waals surface area contributed by atoms with Gasteiger partial charge in [-0.05, 0) is 86.1 Å². The van der Waals surface area contributed by atoms with Crippen LogP contribution in [0.25, 0.3) is 0 Å². The second-order valence-corrected chi connectivity index (χ2v) is 24.2. The fraction of sp³-hybridized carbons (Fsp3) is 0.395. The Hall–Kier alpha value is -10.2. The molecule has 0 aromatic heterocycles. The van der Waals surface area contributed by atoms with Crippen LogP contribution in [0.3, 0.4) is 0 Å². The molecule has 0 spiro atoms. The minimum absolute atomic E-state index is 0.0136. The molecular weight excluding hydrogens is 1300 g/mol. The Bertz CT molecular complexity index is 3750. The van der Waals surface area contributed by atoms with Crippen molar-refractivity contribution in [1.29, 1.82) is 0 Å². The van der Waals surface area contributed by atoms with Crippen molar-refractivity contribution in [2.24, 2.45) is 10.9 Å². The summed E-state index contributed by atoms with van der Waals surface area (Å²) in [6, 6.07) is 9.63. The summed E-state index contributed by atoms with van der Waals surface area (Å²) in [5.41, 5.74) is 4.45. The zero-order valence-electron chi connectivity index (χ0n) is 58.3. The number of fused-ring (bicyclic) bond motifs is 4. The molecule has 25 heteroatoms. The molecule has 4 heterocycles. The lowest BCUT2D eigenvalue weighted by atomic mass is 10.0. The first-order chi connectivity index (χ1) is 49.0. The van der Waals surface area contributed by atoms with Gasteiger partial charge in [-0.15, -0.1) is 0 Å². The monoisotopic (exact) mass is 1390 g/mol. The summed E-state index contributed by atoms with van der Waals surface area (Å²) in [6.07, 6.45) is 32.8. The number of rotatable bonds is 35. The molecule has 0 fully saturated rings. The third-order valence-corrected chi connectivity index (χ3v) is 16.4. The number of carbonyl (C=O) groups is 7. The highest BCUT2D eigenvalue weighted by atomic mass is 16.6. The number of hydrogen-bond acceptors (Lipinski definition) is 18. The quantitative estimate of drug-likeness (QED) is 0.0343. The van der Waals surface area contributed by atoms with E-state index in [4.69, 9.17) is 42.6 Å². The molecule has 3 aromatic carbocycles. The normalized spacial score (nSPS) is 18.8. The maximum absolute atomic E-state index is 14.4. The molecule has 0 saturated carbocycles. The first-order valence-electron chi connectivity index (χ1n) is 33.8. The van der Waals surface area contributed by atoms with E-state index >= 15 is 0 Å². The lowest BCUT2D eigenvalue weighted by Crippen LogP contribution is -2.53. The first-order valence-corrected chi connectivity index (χ1v) is 33.8. The van der Waals surface area contributed by atoms with Gasteiger partial charge in [0, 0.05) is 55.8 Å². The minimum atomic E-state index is -1.58. The summed E-state index contributed by atoms with van der Waals surface area (Å²) in [7, 11) is 2.91. The van der Waals surface area contributed by atoms with Crippen molar-refractivity contribution in [3.05, 3.63) is 185 Å². The molecular formula is C76H92N8O17. The number of aliphatic hydroxyl groups is 1. The van der Waals surface area contributed by atoms with Crippen LogP contribution < -0.4 is 45.1 Å². The van der Waals surface area contributed by atoms with E-state index in [1.54, 1.807) is 67.6 Å². The van der Waals surface area contributed by atoms with Crippen molar-refractivity contribution in [2.45, 2.75) is 104 Å². The van der Waals surface area contributed by atoms with Gasteiger partial charge in [-0.1, -0.05) is 117 Å². The zero-order chi connectivity index (χ0) is 72.0. The summed E-state index contributed by atoms with van der Waals surface area (Å²) in [5.74, 6) is -1.51. The third-order valence-electron chi connectivity index (χ3n) is 16.4. The number of aliphatic imine (C=N–C) groups is 1. The maximum atomic E-state index is 14.4. The highest BCUT2D eigenvalue weighted by Crippen LogP contribution is 2.43. The number of benzene rings is 3. The molecule has 4 aliphatic heterocycles. The lowest BCUT2D eigenvalue weighted by molar-refractivity contribution is -0.132. The minimum Gasteiger partial charge on any atom is -0.493 e. The summed E-state index contributed by atoms with van der Waals surface area (Å²) in [6.45, 7) is 11.5. The third kappa shape index (κ3) is 22.4. The molecule has 5 N–H and O–H groups in total. The molecule has 1 unspecified atom stereocenters. The van der Waals surface area contributed by atoms with Gasteiger partial charge in [-0.25, -0.2) is 9.69 Å². The standard InChI is InChI=1S/C76H92N8O17/c1-8-20-55-40-58-47-78-61-45-66(64(93-6)43-59(61)73(89)82(58)48-55)99-30-19-31-100-67-46-62-60(44-65(67)94-7)74(90)83-49-56(21-9-2)41-63(83)75(91)84(62)76(92)101-50-54-24-26-57(27-25-54)80-71(87)52(5)79-72(88)70(51(3)4)81-68(85)28-32-95-34-36-97-38-39-98-37-35-96-33-29-77-69(86)42-53-22-17-15-13-11-10-12-14-16-18-23-53/h8-18,20-27,43-49,51-52,58,63,70,75,91H,19,28-42,50H2,1-7H3,(H,77,86)(H,79,88)(H,80,87)(H,81,85)/b11-10-,12-10?,13-11?,14-12-,15-13-,16-14?,17-15?,18-16-,20-8+,21-9+,22-17?,23-18?,53-22?,53-23?/t52?,58-,63-,70-,75-/m0/s1. The smallest absolute Gasteiger partial charge is 0.416 e. The molecule has 5 aliphatic rings. The van der Waals surface area contributed by atoms with Gasteiger partial charge in [0.05, 0.1) is 121 Å². The molecule has 3 aromatic rings. The van der Waals surface area contributed by atoms with Crippen LogP contribution in [0.5, 0.6) is 23.0 Å². The van der Waals surface area contributed by atoms with Crippen LogP contribution in [0.2, 0.25) is 0 Å². The van der Waals surface area contributed by atoms with Gasteiger partial charge in [-0.3, -0.25) is 33.8 Å². The molecule has 538 valence electrons. The molecule has 0 radical (unpaired) electrons. The molecule has 25 nitrogen and oxygen atoms in total. The molecule has 7 amide bonds. The summed E-state index contributed by atoms with van der Waals surface area (Å²) in [4.78, 5) is 103. The number of aliphatic hydroxyl groups excluding tert-OH is 1. The van der Waals surface area contributed by atoms with Gasteiger partial charge in [0.2, 0.25) is 23.6 Å². The Morgan fingerprint density at radius 2 is 1.23 bits per heavy atom. The van der Waals surface area contributed by atoms with Crippen molar-refractivity contribution in [3.8, 4) is 23.0 Å². The SMILES string of the molecule is C/C=C/C1=CN2C(=O)c3cc(OC)c(OCCCOc4cc5c(cc4OC)C(=O)N4C=C(/C=C/C)C[C@H]4[C@H](O)N5C(=O)OCc4ccc(NC(=O)C(C)NC(=O)[C@@H](NC(=O)CCOCCOCCOCCOCCNC(=O)CC5=C\C=C/C=C\C=C/C=C\C=C5)C(C)C)cc4)cc3N=C[C@@H]2C1. The number of methoxy groups -OCH3 is 2. The van der Waals surface area contributed by atoms with Crippen molar-refractivity contribution in [3.63, 3.8) is 0 Å². The first kappa shape index (κ1) is 76.6. The van der Waals surface area contributed by atoms with Crippen LogP contribution in [-0.4, -0.2) is 180 Å². The van der Waals surface area contributed by atoms with E-state index in [-0.39, 0.29) is 105 Å². The second kappa shape index (κ2) is 39.6. The van der Waals surface area contributed by atoms with Gasteiger partial charge in [0.1, 0.15) is 18.7 Å². The average Bonchev–Trinajstić information content (AvgIpc) is 1.62. The fourth-order valence-corrected chi connectivity index (χ4v) is 11.2. The van der Waals surface area contributed by atoms with Gasteiger partial charge in [0.15, 0.2) is 29.2 Å². The van der Waals surface area contributed by atoms with E-state index in [9.17, 15) is 38.7 Å². The molecule has 5 atom stereocenters. The van der Waals surface area contributed by atoms with Gasteiger partial charge in [-0.2, -0.15) is 0 Å². The summed E-state index contributed by atoms with van der Waals surface area (Å²) < 4.78 is 51.9. The van der Waals surface area contributed by atoms with E-state index in [1.165, 1.54) is 38.2 Å². The highest BCUT2D eigenvalue weighted by molar-refractivity contribution is 6.07. The number of amides is 7. The zero-order valence-corrected chi connectivity index (χ0v) is 58.3. The van der Waals surface area contributed by atoms with Crippen LogP contribution in [0.4, 0.5) is 21.9 Å². The average molecular weight is 1390 g/mol. The van der Waals surface area contributed by atoms with Gasteiger partial charge >= 0.3 is 6.09 Å². The van der Waals surface area contributed by atoms with Gasteiger partial charge < -0.3 is 78.8 Å². The van der Waals surface area contributed by atoms with E-state index in [0.29, 0.717) is 86.4 Å². The van der Waals surface area contributed by atoms with E-state index in [2.05, 4.69) is 26.3 Å². The summed E-state index contributed by atoms with van der Waals surface area (Å²) >= 11 is 0.